The highest BCUT2D eigenvalue weighted by Crippen LogP contribution is 2.43. The van der Waals surface area contributed by atoms with Gasteiger partial charge in [0.25, 0.3) is 0 Å². The minimum atomic E-state index is -3.42. The zero-order valence-corrected chi connectivity index (χ0v) is 17.8. The third kappa shape index (κ3) is 3.45. The number of fused-ring (bicyclic) bond motifs is 1. The van der Waals surface area contributed by atoms with Gasteiger partial charge in [-0.3, -0.25) is 0 Å². The molecular weight excluding hydrogens is 408 g/mol. The minimum Gasteiger partial charge on any atom is -0.396 e. The Morgan fingerprint density at radius 3 is 2.57 bits per heavy atom. The molecule has 7 heteroatoms. The molecule has 4 nitrogen and oxygen atoms in total. The van der Waals surface area contributed by atoms with Crippen molar-refractivity contribution in [2.45, 2.75) is 24.0 Å². The topological polar surface area (TPSA) is 73.0 Å². The zero-order valence-electron chi connectivity index (χ0n) is 15.4. The van der Waals surface area contributed by atoms with Crippen molar-refractivity contribution < 1.29 is 8.42 Å². The Bertz CT molecular complexity index is 1210. The van der Waals surface area contributed by atoms with Crippen molar-refractivity contribution in [2.75, 3.05) is 11.5 Å². The van der Waals surface area contributed by atoms with Crippen LogP contribution in [0.25, 0.3) is 31.9 Å². The number of nitrogen functional groups attached to an aromatic ring is 1. The number of nitrogens with zero attached hydrogens (tertiary/aromatic N) is 1. The normalized spacial score (nSPS) is 11.9. The van der Waals surface area contributed by atoms with E-state index in [-0.39, 0.29) is 9.96 Å². The van der Waals surface area contributed by atoms with Crippen molar-refractivity contribution in [3.8, 4) is 21.7 Å². The van der Waals surface area contributed by atoms with Crippen molar-refractivity contribution in [1.82, 2.24) is 4.98 Å². The monoisotopic (exact) mass is 428 g/mol. The number of hydrogen-bond acceptors (Lipinski definition) is 6. The number of aromatic nitrogens is 1. The predicted molar refractivity (Wildman–Crippen MR) is 120 cm³/mol. The van der Waals surface area contributed by atoms with Gasteiger partial charge >= 0.3 is 0 Å². The van der Waals surface area contributed by atoms with E-state index in [0.717, 1.165) is 33.5 Å². The lowest BCUT2D eigenvalue weighted by atomic mass is 10.0. The van der Waals surface area contributed by atoms with Crippen molar-refractivity contribution in [3.63, 3.8) is 0 Å². The maximum absolute atomic E-state index is 12.8. The summed E-state index contributed by atoms with van der Waals surface area (Å²) in [5, 5.41) is 2.74. The number of nitrogens with two attached hydrogens (primary N) is 1. The third-order valence-corrected chi connectivity index (χ3v) is 8.98. The number of pyridine rings is 1. The molecule has 0 unspecified atom stereocenters. The molecular formula is C21H20N2O2S3. The highest BCUT2D eigenvalue weighted by molar-refractivity contribution is 7.93. The van der Waals surface area contributed by atoms with Crippen molar-refractivity contribution in [3.05, 3.63) is 53.9 Å². The smallest absolute Gasteiger partial charge is 0.189 e. The van der Waals surface area contributed by atoms with Crippen LogP contribution in [0.2, 0.25) is 0 Å². The number of benzene rings is 1. The standard InChI is InChI=1S/C21H20N2O2S3/c1-2-3-12-28(24,25)21-19(22)18-15(14-8-5-4-6-9-14)13-16(23-20(18)27-21)17-10-7-11-26-17/h4-11,13H,2-3,12,22H2,1H3. The van der Waals surface area contributed by atoms with Crippen LogP contribution in [0.1, 0.15) is 19.8 Å². The van der Waals surface area contributed by atoms with Crippen LogP contribution < -0.4 is 5.73 Å². The molecule has 0 amide bonds. The summed E-state index contributed by atoms with van der Waals surface area (Å²) in [4.78, 5) is 6.47. The molecule has 0 bridgehead atoms. The fourth-order valence-electron chi connectivity index (χ4n) is 3.15. The van der Waals surface area contributed by atoms with Gasteiger partial charge in [-0.1, -0.05) is 49.7 Å². The van der Waals surface area contributed by atoms with Gasteiger partial charge < -0.3 is 5.73 Å². The molecule has 2 N–H and O–H groups in total. The summed E-state index contributed by atoms with van der Waals surface area (Å²) in [6.45, 7) is 1.98. The van der Waals surface area contributed by atoms with Crippen LogP contribution in [-0.4, -0.2) is 19.2 Å². The fraction of sp³-hybridized carbons (Fsp3) is 0.190. The van der Waals surface area contributed by atoms with Crippen LogP contribution in [0.3, 0.4) is 0 Å². The summed E-state index contributed by atoms with van der Waals surface area (Å²) in [7, 11) is -3.42. The molecule has 0 saturated heterocycles. The first-order valence-corrected chi connectivity index (χ1v) is 12.4. The Hall–Kier alpha value is -2.22. The summed E-state index contributed by atoms with van der Waals surface area (Å²) in [5.74, 6) is 0.110. The second-order valence-corrected chi connectivity index (χ2v) is 10.8. The second-order valence-electron chi connectivity index (χ2n) is 6.55. The lowest BCUT2D eigenvalue weighted by molar-refractivity contribution is 0.595. The van der Waals surface area contributed by atoms with E-state index in [1.807, 2.05) is 60.8 Å². The minimum absolute atomic E-state index is 0.110. The van der Waals surface area contributed by atoms with Gasteiger partial charge in [0.15, 0.2) is 9.84 Å². The van der Waals surface area contributed by atoms with Crippen molar-refractivity contribution in [1.29, 1.82) is 0 Å². The third-order valence-electron chi connectivity index (χ3n) is 4.57. The van der Waals surface area contributed by atoms with Crippen LogP contribution in [0.4, 0.5) is 5.69 Å². The molecule has 3 aromatic heterocycles. The largest absolute Gasteiger partial charge is 0.396 e. The number of thiophene rings is 2. The number of anilines is 1. The van der Waals surface area contributed by atoms with Crippen LogP contribution in [0.15, 0.2) is 58.1 Å². The van der Waals surface area contributed by atoms with Gasteiger partial charge in [-0.25, -0.2) is 13.4 Å². The molecule has 4 rings (SSSR count). The van der Waals surface area contributed by atoms with Crippen LogP contribution in [0, 0.1) is 0 Å². The lowest BCUT2D eigenvalue weighted by Gasteiger charge is -2.08. The lowest BCUT2D eigenvalue weighted by Crippen LogP contribution is -2.06. The molecule has 4 aromatic rings. The van der Waals surface area contributed by atoms with Gasteiger partial charge in [0.2, 0.25) is 0 Å². The molecule has 0 aliphatic carbocycles. The second kappa shape index (κ2) is 7.66. The Morgan fingerprint density at radius 1 is 1.11 bits per heavy atom. The highest BCUT2D eigenvalue weighted by Gasteiger charge is 2.25. The first kappa shape index (κ1) is 19.1. The molecule has 0 aliphatic rings. The Labute approximate surface area is 172 Å². The van der Waals surface area contributed by atoms with E-state index < -0.39 is 9.84 Å². The molecule has 0 fully saturated rings. The average molecular weight is 429 g/mol. The van der Waals surface area contributed by atoms with Gasteiger partial charge in [0.1, 0.15) is 9.04 Å². The van der Waals surface area contributed by atoms with Gasteiger partial charge in [0, 0.05) is 5.39 Å². The van der Waals surface area contributed by atoms with Gasteiger partial charge in [-0.05, 0) is 35.1 Å². The van der Waals surface area contributed by atoms with E-state index in [0.29, 0.717) is 16.9 Å². The number of rotatable bonds is 6. The highest BCUT2D eigenvalue weighted by atomic mass is 32.2. The summed E-state index contributed by atoms with van der Waals surface area (Å²) in [6.07, 6.45) is 1.44. The van der Waals surface area contributed by atoms with Crippen LogP contribution in [-0.2, 0) is 9.84 Å². The zero-order chi connectivity index (χ0) is 19.7. The predicted octanol–water partition coefficient (Wildman–Crippen LogP) is 5.85. The molecule has 0 saturated carbocycles. The van der Waals surface area contributed by atoms with Gasteiger partial charge in [-0.2, -0.15) is 0 Å². The molecule has 28 heavy (non-hydrogen) atoms. The maximum Gasteiger partial charge on any atom is 0.189 e. The summed E-state index contributed by atoms with van der Waals surface area (Å²) < 4.78 is 25.9. The summed E-state index contributed by atoms with van der Waals surface area (Å²) in [5.41, 5.74) is 9.46. The molecule has 3 heterocycles. The van der Waals surface area contributed by atoms with Gasteiger partial charge in [0.05, 0.1) is 22.0 Å². The fourth-order valence-corrected chi connectivity index (χ4v) is 6.98. The van der Waals surface area contributed by atoms with Gasteiger partial charge in [-0.15, -0.1) is 22.7 Å². The molecule has 144 valence electrons. The van der Waals surface area contributed by atoms with E-state index in [1.54, 1.807) is 11.3 Å². The Kier molecular flexibility index (Phi) is 5.23. The Balaban J connectivity index is 2.00. The molecule has 1 aromatic carbocycles. The SMILES string of the molecule is CCCCS(=O)(=O)c1sc2nc(-c3cccs3)cc(-c3ccccc3)c2c1N. The number of sulfone groups is 1. The van der Waals surface area contributed by atoms with E-state index in [4.69, 9.17) is 10.7 Å². The molecule has 0 aliphatic heterocycles. The molecule has 0 atom stereocenters. The Morgan fingerprint density at radius 2 is 1.89 bits per heavy atom. The van der Waals surface area contributed by atoms with Crippen LogP contribution in [0.5, 0.6) is 0 Å². The van der Waals surface area contributed by atoms with E-state index in [1.165, 1.54) is 11.3 Å². The first-order chi connectivity index (χ1) is 13.5. The molecule has 0 radical (unpaired) electrons. The van der Waals surface area contributed by atoms with E-state index >= 15 is 0 Å². The summed E-state index contributed by atoms with van der Waals surface area (Å²) >= 11 is 2.79. The van der Waals surface area contributed by atoms with Crippen molar-refractivity contribution >= 4 is 48.4 Å². The first-order valence-electron chi connectivity index (χ1n) is 9.06. The quantitative estimate of drug-likeness (QED) is 0.418. The van der Waals surface area contributed by atoms with E-state index in [9.17, 15) is 8.42 Å². The molecule has 0 spiro atoms. The number of hydrogen-bond donors (Lipinski definition) is 1. The average Bonchev–Trinajstić information content (AvgIpc) is 3.35. The van der Waals surface area contributed by atoms with Crippen molar-refractivity contribution in [2.24, 2.45) is 0 Å². The summed E-state index contributed by atoms with van der Waals surface area (Å²) in [6, 6.07) is 15.9. The van der Waals surface area contributed by atoms with Crippen LogP contribution >= 0.6 is 22.7 Å². The number of unbranched alkanes of at least 4 members (excludes halogenated alkanes) is 1. The maximum atomic E-state index is 12.8. The van der Waals surface area contributed by atoms with E-state index in [2.05, 4.69) is 0 Å².